The van der Waals surface area contributed by atoms with Crippen LogP contribution in [0.15, 0.2) is 30.7 Å². The van der Waals surface area contributed by atoms with Gasteiger partial charge in [-0.3, -0.25) is 4.98 Å². The highest BCUT2D eigenvalue weighted by Crippen LogP contribution is 2.51. The molecule has 24 heavy (non-hydrogen) atoms. The zero-order chi connectivity index (χ0) is 17.1. The molecule has 0 saturated carbocycles. The Hall–Kier alpha value is -1.95. The molecule has 1 atom stereocenters. The van der Waals surface area contributed by atoms with Gasteiger partial charge in [0.1, 0.15) is 0 Å². The highest BCUT2D eigenvalue weighted by Gasteiger charge is 2.48. The minimum atomic E-state index is 0.0462. The zero-order valence-electron chi connectivity index (χ0n) is 14.8. The van der Waals surface area contributed by atoms with Crippen molar-refractivity contribution in [3.8, 4) is 0 Å². The summed E-state index contributed by atoms with van der Waals surface area (Å²) in [5, 5.41) is 5.82. The summed E-state index contributed by atoms with van der Waals surface area (Å²) in [6.07, 6.45) is 5.85. The molecule has 0 radical (unpaired) electrons. The number of hydrogen-bond donors (Lipinski definition) is 0. The van der Waals surface area contributed by atoms with Gasteiger partial charge in [0.15, 0.2) is 0 Å². The maximum Gasteiger partial charge on any atom is 0.214 e. The van der Waals surface area contributed by atoms with Gasteiger partial charge in [0, 0.05) is 29.8 Å². The van der Waals surface area contributed by atoms with E-state index in [9.17, 15) is 0 Å². The van der Waals surface area contributed by atoms with Gasteiger partial charge < -0.3 is 4.90 Å². The number of rotatable bonds is 2. The average Bonchev–Trinajstić information content (AvgIpc) is 3.04. The van der Waals surface area contributed by atoms with Crippen LogP contribution in [-0.2, 0) is 5.41 Å². The number of anilines is 1. The topological polar surface area (TPSA) is 46.3 Å². The van der Waals surface area contributed by atoms with E-state index in [1.54, 1.807) is 11.3 Å². The van der Waals surface area contributed by atoms with Gasteiger partial charge in [-0.05, 0) is 11.6 Å². The van der Waals surface area contributed by atoms with Crippen molar-refractivity contribution in [2.45, 2.75) is 46.1 Å². The molecule has 1 aliphatic rings. The largest absolute Gasteiger partial charge is 0.338 e. The third-order valence-corrected chi connectivity index (χ3v) is 5.64. The zero-order valence-corrected chi connectivity index (χ0v) is 15.6. The van der Waals surface area contributed by atoms with Crippen LogP contribution >= 0.6 is 11.3 Å². The maximum absolute atomic E-state index is 4.79. The van der Waals surface area contributed by atoms with Crippen molar-refractivity contribution in [2.24, 2.45) is 5.41 Å². The third kappa shape index (κ3) is 2.40. The molecule has 0 aliphatic carbocycles. The van der Waals surface area contributed by atoms with E-state index in [-0.39, 0.29) is 10.8 Å². The summed E-state index contributed by atoms with van der Waals surface area (Å²) in [7, 11) is 0. The Bertz CT molecular complexity index is 840. The predicted molar refractivity (Wildman–Crippen MR) is 97.7 cm³/mol. The summed E-state index contributed by atoms with van der Waals surface area (Å²) in [6, 6.07) is 4.47. The number of imidazole rings is 1. The Labute approximate surface area is 146 Å². The van der Waals surface area contributed by atoms with Gasteiger partial charge >= 0.3 is 0 Å². The van der Waals surface area contributed by atoms with Crippen molar-refractivity contribution in [3.05, 3.63) is 42.0 Å². The van der Waals surface area contributed by atoms with Crippen molar-refractivity contribution in [1.82, 2.24) is 19.6 Å². The molecule has 0 aromatic carbocycles. The summed E-state index contributed by atoms with van der Waals surface area (Å²) in [4.78, 5) is 12.4. The second-order valence-electron chi connectivity index (χ2n) is 8.29. The van der Waals surface area contributed by atoms with Gasteiger partial charge in [-0.25, -0.2) is 9.50 Å². The molecular formula is C18H23N5S. The molecule has 0 N–H and O–H groups in total. The van der Waals surface area contributed by atoms with E-state index < -0.39 is 0 Å². The number of fused-ring (bicyclic) bond motifs is 1. The Morgan fingerprint density at radius 3 is 2.67 bits per heavy atom. The van der Waals surface area contributed by atoms with E-state index in [0.29, 0.717) is 6.04 Å². The van der Waals surface area contributed by atoms with Gasteiger partial charge in [0.05, 0.1) is 17.9 Å². The van der Waals surface area contributed by atoms with Gasteiger partial charge in [-0.1, -0.05) is 52.0 Å². The Kier molecular flexibility index (Phi) is 3.26. The number of aromatic nitrogens is 4. The molecule has 3 aromatic rings. The first-order valence-electron chi connectivity index (χ1n) is 8.29. The van der Waals surface area contributed by atoms with E-state index in [1.807, 2.05) is 23.0 Å². The highest BCUT2D eigenvalue weighted by atomic mass is 32.1. The first kappa shape index (κ1) is 15.6. The molecule has 1 fully saturated rings. The molecule has 1 saturated heterocycles. The first-order valence-corrected chi connectivity index (χ1v) is 9.11. The van der Waals surface area contributed by atoms with Crippen LogP contribution in [0.1, 0.15) is 51.9 Å². The van der Waals surface area contributed by atoms with E-state index in [4.69, 9.17) is 10.1 Å². The molecule has 6 heteroatoms. The van der Waals surface area contributed by atoms with Crippen molar-refractivity contribution < 1.29 is 0 Å². The smallest absolute Gasteiger partial charge is 0.214 e. The lowest BCUT2D eigenvalue weighted by molar-refractivity contribution is 0.179. The minimum absolute atomic E-state index is 0.0462. The van der Waals surface area contributed by atoms with E-state index in [2.05, 4.69) is 56.8 Å². The van der Waals surface area contributed by atoms with Crippen molar-refractivity contribution in [1.29, 1.82) is 0 Å². The monoisotopic (exact) mass is 341 g/mol. The highest BCUT2D eigenvalue weighted by molar-refractivity contribution is 7.20. The molecule has 126 valence electrons. The molecule has 0 spiro atoms. The molecule has 1 unspecified atom stereocenters. The molecule has 3 aromatic heterocycles. The average molecular weight is 341 g/mol. The van der Waals surface area contributed by atoms with Gasteiger partial charge in [-0.15, -0.1) is 5.10 Å². The third-order valence-electron chi connectivity index (χ3n) is 4.68. The van der Waals surface area contributed by atoms with Crippen LogP contribution in [0, 0.1) is 5.41 Å². The lowest BCUT2D eigenvalue weighted by atomic mass is 9.72. The summed E-state index contributed by atoms with van der Waals surface area (Å²) >= 11 is 1.66. The number of nitrogens with zero attached hydrogens (tertiary/aromatic N) is 5. The summed E-state index contributed by atoms with van der Waals surface area (Å²) < 4.78 is 1.92. The van der Waals surface area contributed by atoms with E-state index in [1.165, 1.54) is 5.56 Å². The van der Waals surface area contributed by atoms with Crippen molar-refractivity contribution in [3.63, 3.8) is 0 Å². The minimum Gasteiger partial charge on any atom is -0.338 e. The van der Waals surface area contributed by atoms with Crippen LogP contribution in [0.3, 0.4) is 0 Å². The molecule has 0 bridgehead atoms. The summed E-state index contributed by atoms with van der Waals surface area (Å²) in [5.74, 6) is 0. The summed E-state index contributed by atoms with van der Waals surface area (Å²) in [5.41, 5.74) is 2.59. The van der Waals surface area contributed by atoms with Gasteiger partial charge in [0.2, 0.25) is 10.1 Å². The van der Waals surface area contributed by atoms with E-state index in [0.717, 1.165) is 22.3 Å². The number of pyridine rings is 1. The molecule has 0 amide bonds. The van der Waals surface area contributed by atoms with Crippen LogP contribution in [0.2, 0.25) is 0 Å². The lowest BCUT2D eigenvalue weighted by Gasteiger charge is -2.54. The first-order chi connectivity index (χ1) is 11.3. The standard InChI is InChI=1S/C18H23N5S/c1-17(2,3)13-10-23-15(20-13)24-16(21-23)22-11-18(4,5)14(22)12-7-6-8-19-9-12/h6-10,14H,11H2,1-5H3. The fraction of sp³-hybridized carbons (Fsp3) is 0.500. The fourth-order valence-electron chi connectivity index (χ4n) is 3.44. The normalized spacial score (nSPS) is 20.4. The molecule has 1 aliphatic heterocycles. The second-order valence-corrected chi connectivity index (χ2v) is 9.23. The van der Waals surface area contributed by atoms with Crippen LogP contribution in [-0.4, -0.2) is 26.1 Å². The maximum atomic E-state index is 4.79. The quantitative estimate of drug-likeness (QED) is 0.705. The predicted octanol–water partition coefficient (Wildman–Crippen LogP) is 4.07. The Morgan fingerprint density at radius 1 is 1.29 bits per heavy atom. The number of hydrogen-bond acceptors (Lipinski definition) is 5. The van der Waals surface area contributed by atoms with Crippen LogP contribution in [0.5, 0.6) is 0 Å². The molecule has 4 heterocycles. The van der Waals surface area contributed by atoms with Crippen LogP contribution in [0.25, 0.3) is 4.96 Å². The van der Waals surface area contributed by atoms with Crippen LogP contribution < -0.4 is 4.90 Å². The van der Waals surface area contributed by atoms with Crippen LogP contribution in [0.4, 0.5) is 5.13 Å². The lowest BCUT2D eigenvalue weighted by Crippen LogP contribution is -2.55. The molecule has 5 nitrogen and oxygen atoms in total. The summed E-state index contributed by atoms with van der Waals surface area (Å²) in [6.45, 7) is 12.1. The Morgan fingerprint density at radius 2 is 2.08 bits per heavy atom. The van der Waals surface area contributed by atoms with Gasteiger partial charge in [-0.2, -0.15) is 0 Å². The second kappa shape index (κ2) is 5.02. The van der Waals surface area contributed by atoms with Gasteiger partial charge in [0.25, 0.3) is 0 Å². The SMILES string of the molecule is CC(C)(C)c1cn2nc(N3CC(C)(C)C3c3cccnc3)sc2n1. The molecule has 4 rings (SSSR count). The molecular weight excluding hydrogens is 318 g/mol. The Balaban J connectivity index is 1.68. The van der Waals surface area contributed by atoms with E-state index >= 15 is 0 Å². The fourth-order valence-corrected chi connectivity index (χ4v) is 4.35. The van der Waals surface area contributed by atoms with Crippen molar-refractivity contribution >= 4 is 21.4 Å². The van der Waals surface area contributed by atoms with Crippen molar-refractivity contribution in [2.75, 3.05) is 11.4 Å².